The van der Waals surface area contributed by atoms with Gasteiger partial charge in [-0.2, -0.15) is 5.26 Å². The Morgan fingerprint density at radius 2 is 1.86 bits per heavy atom. The van der Waals surface area contributed by atoms with Crippen LogP contribution in [0.15, 0.2) is 42.5 Å². The van der Waals surface area contributed by atoms with E-state index >= 15 is 0 Å². The van der Waals surface area contributed by atoms with Gasteiger partial charge >= 0.3 is 0 Å². The highest BCUT2D eigenvalue weighted by molar-refractivity contribution is 6.30. The van der Waals surface area contributed by atoms with Crippen molar-refractivity contribution < 1.29 is 4.39 Å². The van der Waals surface area contributed by atoms with Crippen LogP contribution in [0.25, 0.3) is 0 Å². The summed E-state index contributed by atoms with van der Waals surface area (Å²) >= 11 is 5.88. The van der Waals surface area contributed by atoms with Gasteiger partial charge in [0.15, 0.2) is 0 Å². The number of halogens is 3. The Hall–Kier alpha value is -1.60. The van der Waals surface area contributed by atoms with Gasteiger partial charge in [0.1, 0.15) is 5.82 Å². The van der Waals surface area contributed by atoms with Crippen molar-refractivity contribution in [3.05, 3.63) is 70.0 Å². The summed E-state index contributed by atoms with van der Waals surface area (Å²) in [5.41, 5.74) is 8.19. The summed E-state index contributed by atoms with van der Waals surface area (Å²) in [6.45, 7) is 1.89. The lowest BCUT2D eigenvalue weighted by Gasteiger charge is -2.22. The lowest BCUT2D eigenvalue weighted by atomic mass is 9.86. The minimum absolute atomic E-state index is 0. The predicted octanol–water partition coefficient (Wildman–Crippen LogP) is 4.45. The molecule has 2 aromatic carbocycles. The molecule has 0 aliphatic carbocycles. The molecule has 0 aliphatic rings. The van der Waals surface area contributed by atoms with Crippen LogP contribution in [-0.4, -0.2) is 6.04 Å². The lowest BCUT2D eigenvalue weighted by Crippen LogP contribution is -2.26. The van der Waals surface area contributed by atoms with E-state index in [1.165, 1.54) is 12.1 Å². The molecular weight excluding hydrogens is 322 g/mol. The van der Waals surface area contributed by atoms with E-state index in [0.717, 1.165) is 11.1 Å². The second-order valence-corrected chi connectivity index (χ2v) is 5.62. The summed E-state index contributed by atoms with van der Waals surface area (Å²) in [5.74, 6) is -0.472. The van der Waals surface area contributed by atoms with Crippen molar-refractivity contribution in [1.29, 1.82) is 5.26 Å². The molecule has 2 unspecified atom stereocenters. The van der Waals surface area contributed by atoms with Gasteiger partial charge in [0, 0.05) is 17.0 Å². The molecule has 116 valence electrons. The normalized spacial score (nSPS) is 12.9. The highest BCUT2D eigenvalue weighted by atomic mass is 35.5. The van der Waals surface area contributed by atoms with E-state index in [2.05, 4.69) is 0 Å². The average Bonchev–Trinajstić information content (AvgIpc) is 2.45. The van der Waals surface area contributed by atoms with E-state index in [-0.39, 0.29) is 24.4 Å². The van der Waals surface area contributed by atoms with E-state index in [1.807, 2.05) is 37.3 Å². The van der Waals surface area contributed by atoms with Crippen LogP contribution >= 0.6 is 24.0 Å². The Morgan fingerprint density at radius 1 is 1.23 bits per heavy atom. The fourth-order valence-corrected chi connectivity index (χ4v) is 2.50. The smallest absolute Gasteiger partial charge is 0.124 e. The maximum atomic E-state index is 13.6. The van der Waals surface area contributed by atoms with Gasteiger partial charge in [-0.3, -0.25) is 0 Å². The number of rotatable bonds is 4. The SMILES string of the molecule is CC(N)C(Cc1ccc(Cl)cc1)c1cc(F)cc(C#N)c1.Cl. The Morgan fingerprint density at radius 3 is 2.41 bits per heavy atom. The molecule has 0 saturated heterocycles. The summed E-state index contributed by atoms with van der Waals surface area (Å²) < 4.78 is 13.6. The van der Waals surface area contributed by atoms with Crippen LogP contribution in [0.2, 0.25) is 5.02 Å². The maximum Gasteiger partial charge on any atom is 0.124 e. The minimum atomic E-state index is -0.411. The molecule has 0 spiro atoms. The van der Waals surface area contributed by atoms with Crippen molar-refractivity contribution in [2.45, 2.75) is 25.3 Å². The number of nitrogens with two attached hydrogens (primary N) is 1. The molecule has 0 heterocycles. The zero-order valence-electron chi connectivity index (χ0n) is 12.1. The average molecular weight is 339 g/mol. The van der Waals surface area contributed by atoms with Crippen LogP contribution in [0.5, 0.6) is 0 Å². The molecule has 2 rings (SSSR count). The first kappa shape index (κ1) is 18.4. The number of nitrogens with zero attached hydrogens (tertiary/aromatic N) is 1. The Kier molecular flexibility index (Phi) is 6.83. The summed E-state index contributed by atoms with van der Waals surface area (Å²) in [7, 11) is 0. The lowest BCUT2D eigenvalue weighted by molar-refractivity contribution is 0.556. The molecule has 22 heavy (non-hydrogen) atoms. The van der Waals surface area contributed by atoms with E-state index in [9.17, 15) is 4.39 Å². The van der Waals surface area contributed by atoms with Crippen molar-refractivity contribution in [3.8, 4) is 6.07 Å². The number of hydrogen-bond acceptors (Lipinski definition) is 2. The molecule has 2 aromatic rings. The minimum Gasteiger partial charge on any atom is -0.327 e. The molecule has 0 bridgehead atoms. The van der Waals surface area contributed by atoms with E-state index in [0.29, 0.717) is 17.0 Å². The van der Waals surface area contributed by atoms with E-state index in [1.54, 1.807) is 6.07 Å². The van der Waals surface area contributed by atoms with Gasteiger partial charge in [0.25, 0.3) is 0 Å². The van der Waals surface area contributed by atoms with Gasteiger partial charge in [-0.15, -0.1) is 12.4 Å². The first-order chi connectivity index (χ1) is 9.99. The third-order valence-corrected chi connectivity index (χ3v) is 3.73. The Bertz CT molecular complexity index is 663. The second-order valence-electron chi connectivity index (χ2n) is 5.18. The van der Waals surface area contributed by atoms with Crippen LogP contribution in [-0.2, 0) is 6.42 Å². The van der Waals surface area contributed by atoms with Crippen molar-refractivity contribution >= 4 is 24.0 Å². The predicted molar refractivity (Wildman–Crippen MR) is 89.9 cm³/mol. The highest BCUT2D eigenvalue weighted by Crippen LogP contribution is 2.26. The quantitative estimate of drug-likeness (QED) is 0.895. The summed E-state index contributed by atoms with van der Waals surface area (Å²) in [6.07, 6.45) is 0.670. The molecule has 2 N–H and O–H groups in total. The second kappa shape index (κ2) is 8.14. The Labute approximate surface area is 141 Å². The number of nitriles is 1. The summed E-state index contributed by atoms with van der Waals surface area (Å²) in [6, 6.07) is 13.7. The van der Waals surface area contributed by atoms with Gasteiger partial charge in [-0.05, 0) is 54.8 Å². The van der Waals surface area contributed by atoms with Gasteiger partial charge < -0.3 is 5.73 Å². The molecule has 2 atom stereocenters. The molecule has 0 aromatic heterocycles. The first-order valence-corrected chi connectivity index (χ1v) is 7.08. The van der Waals surface area contributed by atoms with Crippen LogP contribution in [0.1, 0.15) is 29.5 Å². The number of benzene rings is 2. The molecule has 5 heteroatoms. The molecule has 2 nitrogen and oxygen atoms in total. The van der Waals surface area contributed by atoms with Gasteiger partial charge in [0.2, 0.25) is 0 Å². The third kappa shape index (κ3) is 4.71. The van der Waals surface area contributed by atoms with Gasteiger partial charge in [-0.25, -0.2) is 4.39 Å². The van der Waals surface area contributed by atoms with E-state index < -0.39 is 5.82 Å². The first-order valence-electron chi connectivity index (χ1n) is 6.70. The molecule has 0 saturated carbocycles. The zero-order valence-corrected chi connectivity index (χ0v) is 13.7. The third-order valence-electron chi connectivity index (χ3n) is 3.48. The monoisotopic (exact) mass is 338 g/mol. The largest absolute Gasteiger partial charge is 0.327 e. The molecule has 0 fully saturated rings. The fourth-order valence-electron chi connectivity index (χ4n) is 2.37. The van der Waals surface area contributed by atoms with E-state index in [4.69, 9.17) is 22.6 Å². The topological polar surface area (TPSA) is 49.8 Å². The summed E-state index contributed by atoms with van der Waals surface area (Å²) in [5, 5.41) is 9.64. The molecule has 0 amide bonds. The fraction of sp³-hybridized carbons (Fsp3) is 0.235. The molecule has 0 aliphatic heterocycles. The van der Waals surface area contributed by atoms with Crippen LogP contribution in [0, 0.1) is 17.1 Å². The number of hydrogen-bond donors (Lipinski definition) is 1. The van der Waals surface area contributed by atoms with Crippen LogP contribution in [0.3, 0.4) is 0 Å². The maximum absolute atomic E-state index is 13.6. The molecular formula is C17H17Cl2FN2. The summed E-state index contributed by atoms with van der Waals surface area (Å²) in [4.78, 5) is 0. The Balaban J connectivity index is 0.00000242. The van der Waals surface area contributed by atoms with Crippen molar-refractivity contribution in [1.82, 2.24) is 0 Å². The zero-order chi connectivity index (χ0) is 15.4. The van der Waals surface area contributed by atoms with Crippen molar-refractivity contribution in [3.63, 3.8) is 0 Å². The van der Waals surface area contributed by atoms with Gasteiger partial charge in [0.05, 0.1) is 11.6 Å². The van der Waals surface area contributed by atoms with Crippen molar-refractivity contribution in [2.24, 2.45) is 5.73 Å². The van der Waals surface area contributed by atoms with Crippen molar-refractivity contribution in [2.75, 3.05) is 0 Å². The van der Waals surface area contributed by atoms with Crippen LogP contribution < -0.4 is 5.73 Å². The molecule has 0 radical (unpaired) electrons. The standard InChI is InChI=1S/C17H16ClFN2.ClH/c1-11(21)17(8-12-2-4-15(18)5-3-12)14-6-13(10-20)7-16(19)9-14;/h2-7,9,11,17H,8,21H2,1H3;1H. The van der Waals surface area contributed by atoms with Gasteiger partial charge in [-0.1, -0.05) is 23.7 Å². The highest BCUT2D eigenvalue weighted by Gasteiger charge is 2.18. The van der Waals surface area contributed by atoms with Crippen LogP contribution in [0.4, 0.5) is 4.39 Å².